The van der Waals surface area contributed by atoms with Crippen LogP contribution in [0.1, 0.15) is 42.5 Å². The summed E-state index contributed by atoms with van der Waals surface area (Å²) < 4.78 is 2.18. The van der Waals surface area contributed by atoms with Crippen LogP contribution in [0.4, 0.5) is 0 Å². The van der Waals surface area contributed by atoms with Gasteiger partial charge in [0.2, 0.25) is 0 Å². The molecular weight excluding hydrogens is 325 g/mol. The summed E-state index contributed by atoms with van der Waals surface area (Å²) in [6.07, 6.45) is 2.75. The molecule has 2 unspecified atom stereocenters. The maximum Gasteiger partial charge on any atom is 0.128 e. The molecule has 6 heteroatoms. The lowest BCUT2D eigenvalue weighted by atomic mass is 10.2. The highest BCUT2D eigenvalue weighted by atomic mass is 35.5. The molecule has 0 saturated heterocycles. The average molecular weight is 340 g/mol. The van der Waals surface area contributed by atoms with Crippen LogP contribution < -0.4 is 0 Å². The maximum atomic E-state index is 6.35. The summed E-state index contributed by atoms with van der Waals surface area (Å²) >= 11 is 14.2. The van der Waals surface area contributed by atoms with Gasteiger partial charge in [-0.25, -0.2) is 9.97 Å². The number of rotatable bonds is 4. The first kappa shape index (κ1) is 14.8. The second-order valence-electron chi connectivity index (χ2n) is 4.88. The van der Waals surface area contributed by atoms with Gasteiger partial charge < -0.3 is 4.57 Å². The molecule has 0 radical (unpaired) electrons. The molecule has 110 valence electrons. The highest BCUT2D eigenvalue weighted by Gasteiger charge is 2.23. The fourth-order valence-electron chi connectivity index (χ4n) is 2.56. The summed E-state index contributed by atoms with van der Waals surface area (Å²) in [6.45, 7) is 4.08. The van der Waals surface area contributed by atoms with Crippen LogP contribution in [0.5, 0.6) is 0 Å². The van der Waals surface area contributed by atoms with Crippen LogP contribution in [0.2, 0.25) is 5.02 Å². The monoisotopic (exact) mass is 339 g/mol. The van der Waals surface area contributed by atoms with Gasteiger partial charge >= 0.3 is 0 Å². The van der Waals surface area contributed by atoms with Crippen LogP contribution in [0.3, 0.4) is 0 Å². The maximum absolute atomic E-state index is 6.35. The lowest BCUT2D eigenvalue weighted by Gasteiger charge is -2.19. The molecule has 0 amide bonds. The van der Waals surface area contributed by atoms with Crippen molar-refractivity contribution in [1.82, 2.24) is 14.5 Å². The van der Waals surface area contributed by atoms with Gasteiger partial charge in [0.25, 0.3) is 0 Å². The van der Waals surface area contributed by atoms with Gasteiger partial charge in [0.05, 0.1) is 22.5 Å². The summed E-state index contributed by atoms with van der Waals surface area (Å²) in [5.41, 5.74) is 1.92. The molecule has 3 nitrogen and oxygen atoms in total. The van der Waals surface area contributed by atoms with E-state index >= 15 is 0 Å². The van der Waals surface area contributed by atoms with E-state index in [2.05, 4.69) is 21.5 Å². The van der Waals surface area contributed by atoms with Crippen molar-refractivity contribution in [2.45, 2.75) is 31.7 Å². The van der Waals surface area contributed by atoms with Crippen molar-refractivity contribution >= 4 is 45.6 Å². The van der Waals surface area contributed by atoms with Gasteiger partial charge in [0, 0.05) is 16.6 Å². The molecule has 2 atom stereocenters. The topological polar surface area (TPSA) is 30.7 Å². The lowest BCUT2D eigenvalue weighted by Crippen LogP contribution is -2.13. The van der Waals surface area contributed by atoms with Crippen LogP contribution in [-0.4, -0.2) is 14.5 Å². The van der Waals surface area contributed by atoms with E-state index < -0.39 is 0 Å². The Morgan fingerprint density at radius 3 is 2.81 bits per heavy atom. The molecule has 0 aliphatic carbocycles. The normalized spacial score (nSPS) is 14.5. The van der Waals surface area contributed by atoms with Crippen molar-refractivity contribution in [2.24, 2.45) is 0 Å². The summed E-state index contributed by atoms with van der Waals surface area (Å²) in [7, 11) is 0. The number of thiazole rings is 1. The summed E-state index contributed by atoms with van der Waals surface area (Å²) in [4.78, 5) is 9.15. The Bertz CT molecular complexity index is 750. The molecule has 0 aliphatic rings. The molecule has 0 spiro atoms. The van der Waals surface area contributed by atoms with Crippen molar-refractivity contribution in [3.63, 3.8) is 0 Å². The molecule has 0 N–H and O–H groups in total. The Morgan fingerprint density at radius 2 is 2.19 bits per heavy atom. The number of halogens is 2. The molecule has 2 aromatic heterocycles. The SMILES string of the molecule is CCC(c1nccs1)n1c(C(C)Cl)nc2ccc(Cl)cc21. The van der Waals surface area contributed by atoms with Gasteiger partial charge in [-0.2, -0.15) is 0 Å². The molecule has 3 rings (SSSR count). The smallest absolute Gasteiger partial charge is 0.128 e. The molecule has 0 aliphatic heterocycles. The predicted molar refractivity (Wildman–Crippen MR) is 89.6 cm³/mol. The molecular formula is C15H15Cl2N3S. The number of nitrogens with zero attached hydrogens (tertiary/aromatic N) is 3. The van der Waals surface area contributed by atoms with Crippen LogP contribution >= 0.6 is 34.5 Å². The summed E-state index contributed by atoms with van der Waals surface area (Å²) in [5.74, 6) is 0.857. The minimum absolute atomic E-state index is 0.129. The van der Waals surface area contributed by atoms with Crippen LogP contribution in [0.25, 0.3) is 11.0 Å². The molecule has 21 heavy (non-hydrogen) atoms. The Morgan fingerprint density at radius 1 is 1.38 bits per heavy atom. The summed E-state index contributed by atoms with van der Waals surface area (Å²) in [5, 5.41) is 3.58. The van der Waals surface area contributed by atoms with E-state index in [9.17, 15) is 0 Å². The zero-order valence-electron chi connectivity index (χ0n) is 11.8. The number of fused-ring (bicyclic) bond motifs is 1. The quantitative estimate of drug-likeness (QED) is 0.592. The van der Waals surface area contributed by atoms with E-state index in [-0.39, 0.29) is 11.4 Å². The largest absolute Gasteiger partial charge is 0.317 e. The second kappa shape index (κ2) is 5.95. The average Bonchev–Trinajstić information content (AvgIpc) is 3.08. The third kappa shape index (κ3) is 2.68. The first-order chi connectivity index (χ1) is 10.1. The van der Waals surface area contributed by atoms with Gasteiger partial charge in [0.15, 0.2) is 0 Å². The third-order valence-electron chi connectivity index (χ3n) is 3.47. The van der Waals surface area contributed by atoms with E-state index in [1.807, 2.05) is 36.7 Å². The highest BCUT2D eigenvalue weighted by molar-refractivity contribution is 7.09. The predicted octanol–water partition coefficient (Wildman–Crippen LogP) is 5.45. The van der Waals surface area contributed by atoms with E-state index in [0.29, 0.717) is 5.02 Å². The molecule has 0 bridgehead atoms. The summed E-state index contributed by atoms with van der Waals surface area (Å²) in [6, 6.07) is 5.87. The van der Waals surface area contributed by atoms with Gasteiger partial charge in [0.1, 0.15) is 10.8 Å². The van der Waals surface area contributed by atoms with Crippen molar-refractivity contribution in [1.29, 1.82) is 0 Å². The van der Waals surface area contributed by atoms with Crippen molar-refractivity contribution in [3.05, 3.63) is 45.6 Å². The van der Waals surface area contributed by atoms with E-state index in [4.69, 9.17) is 23.2 Å². The van der Waals surface area contributed by atoms with Crippen LogP contribution in [0.15, 0.2) is 29.8 Å². The van der Waals surface area contributed by atoms with Crippen molar-refractivity contribution < 1.29 is 0 Å². The first-order valence-electron chi connectivity index (χ1n) is 6.82. The zero-order valence-corrected chi connectivity index (χ0v) is 14.1. The molecule has 2 heterocycles. The number of alkyl halides is 1. The Labute approximate surface area is 137 Å². The number of hydrogen-bond donors (Lipinski definition) is 0. The van der Waals surface area contributed by atoms with Gasteiger partial charge in [-0.1, -0.05) is 18.5 Å². The molecule has 1 aromatic carbocycles. The molecule has 3 aromatic rings. The highest BCUT2D eigenvalue weighted by Crippen LogP contribution is 2.34. The Kier molecular flexibility index (Phi) is 4.20. The van der Waals surface area contributed by atoms with E-state index in [0.717, 1.165) is 28.3 Å². The lowest BCUT2D eigenvalue weighted by molar-refractivity contribution is 0.552. The van der Waals surface area contributed by atoms with Gasteiger partial charge in [-0.3, -0.25) is 0 Å². The fraction of sp³-hybridized carbons (Fsp3) is 0.333. The van der Waals surface area contributed by atoms with Gasteiger partial charge in [-0.15, -0.1) is 22.9 Å². The number of imidazole rings is 1. The fourth-order valence-corrected chi connectivity index (χ4v) is 3.69. The van der Waals surface area contributed by atoms with E-state index in [1.54, 1.807) is 11.3 Å². The zero-order chi connectivity index (χ0) is 15.0. The van der Waals surface area contributed by atoms with Crippen molar-refractivity contribution in [3.8, 4) is 0 Å². The minimum Gasteiger partial charge on any atom is -0.317 e. The first-order valence-corrected chi connectivity index (χ1v) is 8.52. The third-order valence-corrected chi connectivity index (χ3v) is 4.78. The molecule has 0 saturated carbocycles. The number of aromatic nitrogens is 3. The number of benzene rings is 1. The van der Waals surface area contributed by atoms with E-state index in [1.165, 1.54) is 0 Å². The Hall–Kier alpha value is -1.10. The minimum atomic E-state index is -0.176. The van der Waals surface area contributed by atoms with Crippen LogP contribution in [-0.2, 0) is 0 Å². The van der Waals surface area contributed by atoms with Crippen molar-refractivity contribution in [2.75, 3.05) is 0 Å². The van der Waals surface area contributed by atoms with Crippen LogP contribution in [0, 0.1) is 0 Å². The number of hydrogen-bond acceptors (Lipinski definition) is 3. The second-order valence-corrected chi connectivity index (χ2v) is 6.90. The standard InChI is InChI=1S/C15H15Cl2N3S/c1-3-12(15-18-6-7-21-15)20-13-8-10(17)4-5-11(13)19-14(20)9(2)16/h4-9,12H,3H2,1-2H3. The molecule has 0 fully saturated rings. The Balaban J connectivity index is 2.27. The van der Waals surface area contributed by atoms with Gasteiger partial charge in [-0.05, 0) is 31.5 Å².